The molecule has 0 atom stereocenters. The van der Waals surface area contributed by atoms with Crippen molar-refractivity contribution in [1.29, 1.82) is 0 Å². The van der Waals surface area contributed by atoms with Crippen LogP contribution in [0.4, 0.5) is 0 Å². The van der Waals surface area contributed by atoms with Crippen molar-refractivity contribution >= 4 is 17.2 Å². The summed E-state index contributed by atoms with van der Waals surface area (Å²) < 4.78 is 6.52. The highest BCUT2D eigenvalue weighted by Crippen LogP contribution is 2.11. The quantitative estimate of drug-likeness (QED) is 0.615. The largest absolute Gasteiger partial charge is 0.467 e. The van der Waals surface area contributed by atoms with Gasteiger partial charge in [0, 0.05) is 6.07 Å². The van der Waals surface area contributed by atoms with Gasteiger partial charge in [-0.05, 0) is 0 Å². The molecule has 62 valence electrons. The Morgan fingerprint density at radius 3 is 3.08 bits per heavy atom. The molecule has 0 spiro atoms. The molecule has 0 radical (unpaired) electrons. The van der Waals surface area contributed by atoms with Crippen molar-refractivity contribution in [2.45, 2.75) is 0 Å². The monoisotopic (exact) mass is 184 g/mol. The Morgan fingerprint density at radius 2 is 2.33 bits per heavy atom. The number of ether oxygens (including phenoxy) is 1. The smallest absolute Gasteiger partial charge is 0.322 e. The SMILES string of the molecule is COc1nnc2cc(Cl)ncn12. The number of fused-ring (bicyclic) bond motifs is 1. The van der Waals surface area contributed by atoms with E-state index in [-0.39, 0.29) is 0 Å². The molecule has 0 aliphatic heterocycles. The summed E-state index contributed by atoms with van der Waals surface area (Å²) in [6.07, 6.45) is 1.51. The Hall–Kier alpha value is -1.36. The first-order chi connectivity index (χ1) is 5.81. The number of methoxy groups -OCH3 is 1. The van der Waals surface area contributed by atoms with Crippen molar-refractivity contribution in [1.82, 2.24) is 19.6 Å². The highest BCUT2D eigenvalue weighted by molar-refractivity contribution is 6.29. The standard InChI is InChI=1S/C6H5ClN4O/c1-12-6-10-9-5-2-4(7)8-3-11(5)6/h2-3H,1H3. The lowest BCUT2D eigenvalue weighted by Gasteiger charge is -1.95. The lowest BCUT2D eigenvalue weighted by Crippen LogP contribution is -1.92. The van der Waals surface area contributed by atoms with Gasteiger partial charge in [0.1, 0.15) is 11.5 Å². The van der Waals surface area contributed by atoms with Gasteiger partial charge in [0.15, 0.2) is 5.65 Å². The molecule has 0 N–H and O–H groups in total. The average molecular weight is 185 g/mol. The number of nitrogens with zero attached hydrogens (tertiary/aromatic N) is 4. The first kappa shape index (κ1) is 7.30. The molecule has 2 rings (SSSR count). The van der Waals surface area contributed by atoms with Crippen LogP contribution in [0.3, 0.4) is 0 Å². The first-order valence-corrected chi connectivity index (χ1v) is 3.59. The molecular formula is C6H5ClN4O. The third-order valence-corrected chi connectivity index (χ3v) is 1.62. The van der Waals surface area contributed by atoms with E-state index in [9.17, 15) is 0 Å². The molecule has 0 bridgehead atoms. The minimum atomic E-state index is 0.387. The van der Waals surface area contributed by atoms with Gasteiger partial charge in [-0.2, -0.15) is 0 Å². The van der Waals surface area contributed by atoms with E-state index in [0.717, 1.165) is 0 Å². The van der Waals surface area contributed by atoms with Crippen LogP contribution in [0.2, 0.25) is 5.15 Å². The van der Waals surface area contributed by atoms with Crippen LogP contribution in [0.1, 0.15) is 0 Å². The Kier molecular flexibility index (Phi) is 1.58. The minimum Gasteiger partial charge on any atom is -0.467 e. The summed E-state index contributed by atoms with van der Waals surface area (Å²) in [5.74, 6) is 0. The molecule has 6 heteroatoms. The van der Waals surface area contributed by atoms with E-state index in [0.29, 0.717) is 16.8 Å². The predicted molar refractivity (Wildman–Crippen MR) is 42.3 cm³/mol. The number of halogens is 1. The van der Waals surface area contributed by atoms with Gasteiger partial charge in [-0.15, -0.1) is 5.10 Å². The van der Waals surface area contributed by atoms with E-state index in [2.05, 4.69) is 15.2 Å². The fourth-order valence-electron chi connectivity index (χ4n) is 0.891. The highest BCUT2D eigenvalue weighted by Gasteiger charge is 2.04. The Labute approximate surface area is 73.0 Å². The first-order valence-electron chi connectivity index (χ1n) is 3.21. The molecule has 0 aliphatic carbocycles. The van der Waals surface area contributed by atoms with Gasteiger partial charge < -0.3 is 4.74 Å². The van der Waals surface area contributed by atoms with Gasteiger partial charge in [0.05, 0.1) is 7.11 Å². The Morgan fingerprint density at radius 1 is 1.50 bits per heavy atom. The third-order valence-electron chi connectivity index (χ3n) is 1.42. The topological polar surface area (TPSA) is 52.3 Å². The molecule has 0 amide bonds. The predicted octanol–water partition coefficient (Wildman–Crippen LogP) is 0.786. The van der Waals surface area contributed by atoms with Crippen LogP contribution in [0, 0.1) is 0 Å². The van der Waals surface area contributed by atoms with Gasteiger partial charge >= 0.3 is 6.01 Å². The van der Waals surface area contributed by atoms with E-state index in [1.165, 1.54) is 13.4 Å². The fraction of sp³-hybridized carbons (Fsp3) is 0.167. The van der Waals surface area contributed by atoms with Crippen molar-refractivity contribution in [3.8, 4) is 6.01 Å². The number of hydrogen-bond acceptors (Lipinski definition) is 4. The third kappa shape index (κ3) is 0.984. The van der Waals surface area contributed by atoms with Crippen LogP contribution in [0.15, 0.2) is 12.4 Å². The van der Waals surface area contributed by atoms with Crippen LogP contribution in [0.5, 0.6) is 6.01 Å². The fourth-order valence-corrected chi connectivity index (χ4v) is 1.03. The normalized spacial score (nSPS) is 10.5. The van der Waals surface area contributed by atoms with Crippen LogP contribution in [0.25, 0.3) is 5.65 Å². The van der Waals surface area contributed by atoms with Crippen molar-refractivity contribution in [3.05, 3.63) is 17.5 Å². The van der Waals surface area contributed by atoms with Crippen LogP contribution in [-0.4, -0.2) is 26.7 Å². The van der Waals surface area contributed by atoms with Crippen molar-refractivity contribution in [2.24, 2.45) is 0 Å². The lowest BCUT2D eigenvalue weighted by atomic mass is 10.6. The van der Waals surface area contributed by atoms with E-state index < -0.39 is 0 Å². The molecule has 0 saturated carbocycles. The highest BCUT2D eigenvalue weighted by atomic mass is 35.5. The van der Waals surface area contributed by atoms with E-state index in [1.54, 1.807) is 10.5 Å². The summed E-state index contributed by atoms with van der Waals surface area (Å²) in [5.41, 5.74) is 0.617. The molecule has 0 fully saturated rings. The zero-order chi connectivity index (χ0) is 8.55. The molecule has 12 heavy (non-hydrogen) atoms. The van der Waals surface area contributed by atoms with Gasteiger partial charge in [-0.25, -0.2) is 9.38 Å². The molecule has 0 aromatic carbocycles. The summed E-state index contributed by atoms with van der Waals surface area (Å²) in [5, 5.41) is 7.95. The zero-order valence-electron chi connectivity index (χ0n) is 6.23. The second-order valence-electron chi connectivity index (χ2n) is 2.13. The van der Waals surface area contributed by atoms with Gasteiger partial charge in [0.25, 0.3) is 0 Å². The molecule has 0 saturated heterocycles. The summed E-state index contributed by atoms with van der Waals surface area (Å²) >= 11 is 5.64. The van der Waals surface area contributed by atoms with Crippen molar-refractivity contribution < 1.29 is 4.74 Å². The molecular weight excluding hydrogens is 180 g/mol. The van der Waals surface area contributed by atoms with Crippen LogP contribution < -0.4 is 4.74 Å². The summed E-state index contributed by atoms with van der Waals surface area (Å²) in [4.78, 5) is 3.86. The molecule has 0 unspecified atom stereocenters. The van der Waals surface area contributed by atoms with E-state index in [1.807, 2.05) is 0 Å². The Balaban J connectivity index is 2.73. The maximum absolute atomic E-state index is 5.64. The summed E-state index contributed by atoms with van der Waals surface area (Å²) in [6, 6.07) is 2.01. The number of aromatic nitrogens is 4. The van der Waals surface area contributed by atoms with Gasteiger partial charge in [-0.3, -0.25) is 0 Å². The minimum absolute atomic E-state index is 0.387. The number of hydrogen-bond donors (Lipinski definition) is 0. The van der Waals surface area contributed by atoms with E-state index >= 15 is 0 Å². The second kappa shape index (κ2) is 2.60. The maximum atomic E-state index is 5.64. The zero-order valence-corrected chi connectivity index (χ0v) is 6.99. The second-order valence-corrected chi connectivity index (χ2v) is 2.51. The lowest BCUT2D eigenvalue weighted by molar-refractivity contribution is 0.375. The van der Waals surface area contributed by atoms with Crippen LogP contribution >= 0.6 is 11.6 Å². The summed E-state index contributed by atoms with van der Waals surface area (Å²) in [6.45, 7) is 0. The van der Waals surface area contributed by atoms with Gasteiger partial charge in [-0.1, -0.05) is 16.7 Å². The summed E-state index contributed by atoms with van der Waals surface area (Å²) in [7, 11) is 1.52. The van der Waals surface area contributed by atoms with Crippen molar-refractivity contribution in [3.63, 3.8) is 0 Å². The number of rotatable bonds is 1. The molecule has 2 heterocycles. The van der Waals surface area contributed by atoms with Gasteiger partial charge in [0.2, 0.25) is 0 Å². The molecule has 5 nitrogen and oxygen atoms in total. The Bertz CT molecular complexity index is 413. The molecule has 0 aliphatic rings. The maximum Gasteiger partial charge on any atom is 0.322 e. The molecule has 2 aromatic rings. The van der Waals surface area contributed by atoms with E-state index in [4.69, 9.17) is 16.3 Å². The molecule has 2 aromatic heterocycles. The average Bonchev–Trinajstić information content (AvgIpc) is 2.46. The van der Waals surface area contributed by atoms with Crippen molar-refractivity contribution in [2.75, 3.05) is 7.11 Å². The van der Waals surface area contributed by atoms with Crippen LogP contribution in [-0.2, 0) is 0 Å².